The van der Waals surface area contributed by atoms with Gasteiger partial charge in [0.25, 0.3) is 0 Å². The van der Waals surface area contributed by atoms with E-state index in [0.29, 0.717) is 0 Å². The highest BCUT2D eigenvalue weighted by Crippen LogP contribution is 2.20. The molecule has 0 aliphatic rings. The molecule has 0 aliphatic heterocycles. The van der Waals surface area contributed by atoms with Gasteiger partial charge in [0, 0.05) is 0 Å². The molecule has 2 rings (SSSR count). The van der Waals surface area contributed by atoms with Crippen LogP contribution in [-0.4, -0.2) is 6.16 Å². The third kappa shape index (κ3) is 2.92. The van der Waals surface area contributed by atoms with Crippen molar-refractivity contribution in [1.29, 1.82) is 10.5 Å². The summed E-state index contributed by atoms with van der Waals surface area (Å²) >= 11 is 0. The number of ether oxygens (including phenoxy) is 2. The number of nitrogens with zero attached hydrogens (tertiary/aromatic N) is 2. The van der Waals surface area contributed by atoms with E-state index in [2.05, 4.69) is 0 Å². The smallest absolute Gasteiger partial charge is 0.393 e. The van der Waals surface area contributed by atoms with Crippen LogP contribution in [0.25, 0.3) is 0 Å². The average Bonchev–Trinajstić information content (AvgIpc) is 2.48. The summed E-state index contributed by atoms with van der Waals surface area (Å²) in [6, 6.07) is 16.4. The molecular weight excluding hydrogens is 256 g/mol. The van der Waals surface area contributed by atoms with E-state index in [0.717, 1.165) is 0 Å². The molecule has 20 heavy (non-hydrogen) atoms. The third-order valence-corrected chi connectivity index (χ3v) is 2.40. The topological polar surface area (TPSA) is 83.1 Å². The molecule has 0 fully saturated rings. The normalized spacial score (nSPS) is 9.10. The molecule has 5 heteroatoms. The zero-order valence-corrected chi connectivity index (χ0v) is 10.2. The summed E-state index contributed by atoms with van der Waals surface area (Å²) in [5.41, 5.74) is 0.441. The highest BCUT2D eigenvalue weighted by molar-refractivity contribution is 5.69. The Morgan fingerprint density at radius 2 is 1.20 bits per heavy atom. The summed E-state index contributed by atoms with van der Waals surface area (Å²) in [6.07, 6.45) is -1.00. The van der Waals surface area contributed by atoms with E-state index in [9.17, 15) is 4.79 Å². The summed E-state index contributed by atoms with van der Waals surface area (Å²) in [5, 5.41) is 17.8. The van der Waals surface area contributed by atoms with Crippen LogP contribution < -0.4 is 9.47 Å². The molecule has 0 N–H and O–H groups in total. The van der Waals surface area contributed by atoms with Crippen molar-refractivity contribution in [2.75, 3.05) is 0 Å². The van der Waals surface area contributed by atoms with Crippen LogP contribution in [0.3, 0.4) is 0 Å². The van der Waals surface area contributed by atoms with E-state index in [1.54, 1.807) is 24.3 Å². The Morgan fingerprint density at radius 1 is 0.800 bits per heavy atom. The van der Waals surface area contributed by atoms with Crippen LogP contribution in [0.15, 0.2) is 48.5 Å². The number of hydrogen-bond acceptors (Lipinski definition) is 5. The van der Waals surface area contributed by atoms with Crippen molar-refractivity contribution in [2.24, 2.45) is 0 Å². The summed E-state index contributed by atoms with van der Waals surface area (Å²) in [4.78, 5) is 11.7. The molecule has 0 spiro atoms. The number of hydrogen-bond donors (Lipinski definition) is 0. The zero-order valence-electron chi connectivity index (χ0n) is 10.2. The van der Waals surface area contributed by atoms with Gasteiger partial charge < -0.3 is 9.47 Å². The quantitative estimate of drug-likeness (QED) is 0.615. The van der Waals surface area contributed by atoms with E-state index < -0.39 is 6.16 Å². The fourth-order valence-corrected chi connectivity index (χ4v) is 1.50. The molecule has 0 atom stereocenters. The van der Waals surface area contributed by atoms with E-state index in [4.69, 9.17) is 20.0 Å². The Morgan fingerprint density at radius 3 is 1.60 bits per heavy atom. The molecule has 0 saturated heterocycles. The van der Waals surface area contributed by atoms with E-state index in [1.165, 1.54) is 24.3 Å². The van der Waals surface area contributed by atoms with Crippen molar-refractivity contribution < 1.29 is 14.3 Å². The maximum atomic E-state index is 11.7. The van der Waals surface area contributed by atoms with Crippen molar-refractivity contribution in [1.82, 2.24) is 0 Å². The first-order valence-electron chi connectivity index (χ1n) is 5.62. The van der Waals surface area contributed by atoms with Gasteiger partial charge in [-0.05, 0) is 24.3 Å². The first kappa shape index (κ1) is 13.1. The molecule has 0 aromatic heterocycles. The van der Waals surface area contributed by atoms with Gasteiger partial charge in [-0.15, -0.1) is 0 Å². The van der Waals surface area contributed by atoms with Crippen molar-refractivity contribution in [2.45, 2.75) is 0 Å². The van der Waals surface area contributed by atoms with Gasteiger partial charge in [0.2, 0.25) is 0 Å². The minimum Gasteiger partial charge on any atom is -0.393 e. The summed E-state index contributed by atoms with van der Waals surface area (Å²) in [5.74, 6) is 0.212. The van der Waals surface area contributed by atoms with Crippen molar-refractivity contribution in [3.8, 4) is 23.6 Å². The Hall–Kier alpha value is -3.31. The van der Waals surface area contributed by atoms with Crippen LogP contribution in [0.4, 0.5) is 4.79 Å². The van der Waals surface area contributed by atoms with Gasteiger partial charge >= 0.3 is 6.16 Å². The molecule has 0 saturated carbocycles. The predicted molar refractivity (Wildman–Crippen MR) is 69.0 cm³/mol. The van der Waals surface area contributed by atoms with E-state index >= 15 is 0 Å². The Balaban J connectivity index is 2.14. The van der Waals surface area contributed by atoms with Gasteiger partial charge in [-0.1, -0.05) is 24.3 Å². The largest absolute Gasteiger partial charge is 0.519 e. The molecule has 96 valence electrons. The van der Waals surface area contributed by atoms with Crippen LogP contribution in [0.1, 0.15) is 11.1 Å². The lowest BCUT2D eigenvalue weighted by Gasteiger charge is -2.07. The van der Waals surface area contributed by atoms with Crippen LogP contribution in [0.2, 0.25) is 0 Å². The minimum absolute atomic E-state index is 0.106. The average molecular weight is 264 g/mol. The predicted octanol–water partition coefficient (Wildman–Crippen LogP) is 3.01. The van der Waals surface area contributed by atoms with Crippen LogP contribution in [0.5, 0.6) is 11.5 Å². The van der Waals surface area contributed by atoms with E-state index in [-0.39, 0.29) is 22.6 Å². The van der Waals surface area contributed by atoms with E-state index in [1.807, 2.05) is 12.1 Å². The molecule has 2 aromatic rings. The zero-order chi connectivity index (χ0) is 14.4. The number of para-hydroxylation sites is 2. The number of nitriles is 2. The first-order chi connectivity index (χ1) is 9.74. The number of benzene rings is 2. The Kier molecular flexibility index (Phi) is 3.96. The fourth-order valence-electron chi connectivity index (χ4n) is 1.50. The summed E-state index contributed by atoms with van der Waals surface area (Å²) in [6.45, 7) is 0. The maximum absolute atomic E-state index is 11.7. The second-order valence-corrected chi connectivity index (χ2v) is 3.67. The maximum Gasteiger partial charge on any atom is 0.519 e. The molecular formula is C15H8N2O3. The van der Waals surface area contributed by atoms with Gasteiger partial charge in [-0.25, -0.2) is 4.79 Å². The summed E-state index contributed by atoms with van der Waals surface area (Å²) < 4.78 is 9.89. The lowest BCUT2D eigenvalue weighted by atomic mass is 10.2. The molecule has 0 amide bonds. The molecule has 0 unspecified atom stereocenters. The highest BCUT2D eigenvalue weighted by Gasteiger charge is 2.13. The fraction of sp³-hybridized carbons (Fsp3) is 0. The molecule has 0 aliphatic carbocycles. The monoisotopic (exact) mass is 264 g/mol. The van der Waals surface area contributed by atoms with Gasteiger partial charge in [-0.2, -0.15) is 10.5 Å². The number of rotatable bonds is 2. The molecule has 5 nitrogen and oxygen atoms in total. The minimum atomic E-state index is -1.00. The number of carbonyl (C=O) groups excluding carboxylic acids is 1. The second kappa shape index (κ2) is 6.03. The van der Waals surface area contributed by atoms with Gasteiger partial charge in [0.1, 0.15) is 12.1 Å². The summed E-state index contributed by atoms with van der Waals surface area (Å²) in [7, 11) is 0. The number of carbonyl (C=O) groups is 1. The standard InChI is InChI=1S/C15H8N2O3/c16-9-11-5-1-3-7-13(11)19-15(18)20-14-8-4-2-6-12(14)10-17/h1-8H. The van der Waals surface area contributed by atoms with Crippen molar-refractivity contribution in [3.05, 3.63) is 59.7 Å². The molecule has 0 radical (unpaired) electrons. The first-order valence-corrected chi connectivity index (χ1v) is 5.62. The van der Waals surface area contributed by atoms with Crippen molar-refractivity contribution in [3.63, 3.8) is 0 Å². The van der Waals surface area contributed by atoms with Crippen LogP contribution >= 0.6 is 0 Å². The molecule has 0 heterocycles. The highest BCUT2D eigenvalue weighted by atomic mass is 16.7. The Bertz CT molecular complexity index is 665. The van der Waals surface area contributed by atoms with Crippen LogP contribution in [0, 0.1) is 22.7 Å². The SMILES string of the molecule is N#Cc1ccccc1OC(=O)Oc1ccccc1C#N. The van der Waals surface area contributed by atoms with Crippen molar-refractivity contribution >= 4 is 6.16 Å². The van der Waals surface area contributed by atoms with Crippen LogP contribution in [-0.2, 0) is 0 Å². The lowest BCUT2D eigenvalue weighted by Crippen LogP contribution is -2.15. The van der Waals surface area contributed by atoms with Gasteiger partial charge in [0.05, 0.1) is 11.1 Å². The molecule has 2 aromatic carbocycles. The third-order valence-electron chi connectivity index (χ3n) is 2.40. The van der Waals surface area contributed by atoms with Gasteiger partial charge in [-0.3, -0.25) is 0 Å². The molecule has 0 bridgehead atoms. The lowest BCUT2D eigenvalue weighted by molar-refractivity contribution is 0.151. The second-order valence-electron chi connectivity index (χ2n) is 3.67. The Labute approximate surface area is 115 Å². The van der Waals surface area contributed by atoms with Gasteiger partial charge in [0.15, 0.2) is 11.5 Å².